The molecule has 0 radical (unpaired) electrons. The summed E-state index contributed by atoms with van der Waals surface area (Å²) in [6.07, 6.45) is 2.44. The molecule has 3 aliphatic heterocycles. The molecule has 0 amide bonds. The molecular formula is C45H44F6O3S3. The molecule has 0 spiro atoms. The van der Waals surface area contributed by atoms with E-state index in [0.717, 1.165) is 20.2 Å². The summed E-state index contributed by atoms with van der Waals surface area (Å²) >= 11 is 4.44. The van der Waals surface area contributed by atoms with Crippen LogP contribution in [0.2, 0.25) is 0 Å². The van der Waals surface area contributed by atoms with E-state index in [1.165, 1.54) is 35.2 Å². The molecule has 3 atom stereocenters. The van der Waals surface area contributed by atoms with Crippen LogP contribution >= 0.6 is 34.9 Å². The first-order chi connectivity index (χ1) is 26.4. The van der Waals surface area contributed by atoms with Crippen molar-refractivity contribution >= 4 is 51.4 Å². The molecule has 302 valence electrons. The molecule has 2 aliphatic carbocycles. The van der Waals surface area contributed by atoms with E-state index >= 15 is 26.3 Å². The number of halogens is 6. The lowest BCUT2D eigenvalue weighted by molar-refractivity contribution is -0.259. The minimum absolute atomic E-state index is 0.00610. The Hall–Kier alpha value is -3.22. The van der Waals surface area contributed by atoms with Gasteiger partial charge in [-0.15, -0.1) is 34.9 Å². The maximum absolute atomic E-state index is 16.9. The van der Waals surface area contributed by atoms with Gasteiger partial charge in [0.25, 0.3) is 0 Å². The predicted octanol–water partition coefficient (Wildman–Crippen LogP) is 14.4. The maximum Gasteiger partial charge on any atom is 0.380 e. The van der Waals surface area contributed by atoms with Gasteiger partial charge in [0.15, 0.2) is 11.5 Å². The Morgan fingerprint density at radius 1 is 0.719 bits per heavy atom. The minimum atomic E-state index is -5.72. The maximum atomic E-state index is 16.9. The van der Waals surface area contributed by atoms with E-state index in [9.17, 15) is 0 Å². The van der Waals surface area contributed by atoms with Crippen molar-refractivity contribution in [2.24, 2.45) is 5.41 Å². The lowest BCUT2D eigenvalue weighted by atomic mass is 9.70. The van der Waals surface area contributed by atoms with E-state index in [1.54, 1.807) is 11.8 Å². The first-order valence-corrected chi connectivity index (χ1v) is 21.7. The molecule has 57 heavy (non-hydrogen) atoms. The summed E-state index contributed by atoms with van der Waals surface area (Å²) in [6.45, 7) is 18.6. The first kappa shape index (κ1) is 39.3. The SMILES string of the molecule is CC(C)(C)C1=CCC(C2(c3ccc(C(C)(C)C)cc3)C3=C(CC(c4ccc(C(C)(C)C)s4)S3)C3=C(c4c2oc2cc5c(cc42)OCO5)C(F)(F)C(F)(F)C3(F)F)S1. The second-order valence-electron chi connectivity index (χ2n) is 18.8. The van der Waals surface area contributed by atoms with Crippen molar-refractivity contribution in [1.82, 2.24) is 0 Å². The van der Waals surface area contributed by atoms with Crippen molar-refractivity contribution in [2.45, 2.75) is 120 Å². The smallest absolute Gasteiger partial charge is 0.380 e. The number of hydrogen-bond acceptors (Lipinski definition) is 6. The Morgan fingerprint density at radius 2 is 1.37 bits per heavy atom. The number of hydrogen-bond donors (Lipinski definition) is 0. The monoisotopic (exact) mass is 842 g/mol. The van der Waals surface area contributed by atoms with E-state index < -0.39 is 50.4 Å². The molecule has 2 aromatic carbocycles. The van der Waals surface area contributed by atoms with Crippen molar-refractivity contribution in [2.75, 3.05) is 6.79 Å². The summed E-state index contributed by atoms with van der Waals surface area (Å²) in [6, 6.07) is 14.7. The zero-order valence-electron chi connectivity index (χ0n) is 33.2. The molecule has 3 nitrogen and oxygen atoms in total. The zero-order valence-corrected chi connectivity index (χ0v) is 35.6. The van der Waals surface area contributed by atoms with Gasteiger partial charge < -0.3 is 13.9 Å². The molecule has 4 aromatic rings. The van der Waals surface area contributed by atoms with Gasteiger partial charge in [-0.1, -0.05) is 92.7 Å². The number of allylic oxidation sites excluding steroid dienone is 6. The van der Waals surface area contributed by atoms with Crippen LogP contribution in [0.3, 0.4) is 0 Å². The Morgan fingerprint density at radius 3 is 1.96 bits per heavy atom. The summed E-state index contributed by atoms with van der Waals surface area (Å²) in [5, 5.41) is -0.999. The quantitative estimate of drug-likeness (QED) is 0.192. The summed E-state index contributed by atoms with van der Waals surface area (Å²) in [7, 11) is 0. The third kappa shape index (κ3) is 5.40. The third-order valence-corrected chi connectivity index (χ3v) is 17.1. The van der Waals surface area contributed by atoms with Crippen LogP contribution in [-0.4, -0.2) is 29.8 Å². The van der Waals surface area contributed by atoms with E-state index in [-0.39, 0.29) is 63.3 Å². The number of benzene rings is 2. The molecular weight excluding hydrogens is 799 g/mol. The zero-order chi connectivity index (χ0) is 41.0. The van der Waals surface area contributed by atoms with Gasteiger partial charge in [0.1, 0.15) is 11.3 Å². The summed E-state index contributed by atoms with van der Waals surface area (Å²) in [5.74, 6) is -15.8. The Kier molecular flexibility index (Phi) is 8.39. The number of alkyl halides is 6. The van der Waals surface area contributed by atoms with Crippen molar-refractivity contribution in [3.8, 4) is 11.5 Å². The van der Waals surface area contributed by atoms with Crippen LogP contribution < -0.4 is 9.47 Å². The number of thiophene rings is 1. The molecule has 9 rings (SSSR count). The summed E-state index contributed by atoms with van der Waals surface area (Å²) in [5.41, 5.74) is -3.76. The highest BCUT2D eigenvalue weighted by molar-refractivity contribution is 8.05. The van der Waals surface area contributed by atoms with Crippen LogP contribution in [0.1, 0.15) is 113 Å². The van der Waals surface area contributed by atoms with Crippen LogP contribution in [0.15, 0.2) is 80.0 Å². The normalized spacial score (nSPS) is 26.2. The first-order valence-electron chi connectivity index (χ1n) is 19.1. The molecule has 2 aromatic heterocycles. The van der Waals surface area contributed by atoms with Crippen molar-refractivity contribution in [3.05, 3.63) is 108 Å². The van der Waals surface area contributed by atoms with Gasteiger partial charge in [-0.05, 0) is 68.9 Å². The standard InChI is InChI=1S/C45H44F6O3S3/c1-39(2,3)22-10-12-23(13-11-22)42(33-17-16-32(57-33)41(7,8)9)37-34(24-18-27-28(53-21-52-27)20-26(24)54-37)36-35(43(46,47)45(50,51)44(36,48)49)25-19-30(56-38(25)42)29-14-15-31(55-29)40(4,5)6/h10-16,18,20,30,33H,17,19,21H2,1-9H3. The van der Waals surface area contributed by atoms with Gasteiger partial charge >= 0.3 is 17.8 Å². The van der Waals surface area contributed by atoms with Gasteiger partial charge in [0, 0.05) is 53.3 Å². The van der Waals surface area contributed by atoms with Crippen molar-refractivity contribution in [3.63, 3.8) is 0 Å². The second-order valence-corrected chi connectivity index (χ2v) is 22.4. The van der Waals surface area contributed by atoms with Gasteiger partial charge in [-0.25, -0.2) is 0 Å². The average Bonchev–Trinajstić information content (AvgIpc) is 3.95. The van der Waals surface area contributed by atoms with Crippen LogP contribution in [-0.2, 0) is 16.2 Å². The average molecular weight is 843 g/mol. The number of fused-ring (bicyclic) bond motifs is 6. The van der Waals surface area contributed by atoms with Gasteiger partial charge in [-0.3, -0.25) is 0 Å². The van der Waals surface area contributed by atoms with Crippen LogP contribution in [0.25, 0.3) is 16.5 Å². The lowest BCUT2D eigenvalue weighted by Crippen LogP contribution is -2.50. The topological polar surface area (TPSA) is 31.6 Å². The second kappa shape index (κ2) is 12.2. The van der Waals surface area contributed by atoms with Crippen molar-refractivity contribution in [1.29, 1.82) is 0 Å². The molecule has 5 heterocycles. The molecule has 12 heteroatoms. The van der Waals surface area contributed by atoms with Crippen LogP contribution in [0, 0.1) is 5.41 Å². The molecule has 0 saturated heterocycles. The van der Waals surface area contributed by atoms with E-state index in [4.69, 9.17) is 13.9 Å². The number of thioether (sulfide) groups is 2. The predicted molar refractivity (Wildman–Crippen MR) is 219 cm³/mol. The summed E-state index contributed by atoms with van der Waals surface area (Å²) < 4.78 is 118. The highest BCUT2D eigenvalue weighted by Crippen LogP contribution is 2.73. The van der Waals surface area contributed by atoms with Gasteiger partial charge in [-0.2, -0.15) is 26.3 Å². The molecule has 0 bridgehead atoms. The number of rotatable bonds is 3. The van der Waals surface area contributed by atoms with Gasteiger partial charge in [0.05, 0.1) is 5.41 Å². The van der Waals surface area contributed by atoms with E-state index in [1.807, 2.05) is 36.4 Å². The molecule has 3 unspecified atom stereocenters. The summed E-state index contributed by atoms with van der Waals surface area (Å²) in [4.78, 5) is 3.33. The third-order valence-electron chi connectivity index (χ3n) is 11.9. The van der Waals surface area contributed by atoms with E-state index in [2.05, 4.69) is 68.4 Å². The number of ether oxygens (including phenoxy) is 2. The Bertz CT molecular complexity index is 2450. The molecule has 0 fully saturated rings. The van der Waals surface area contributed by atoms with Crippen LogP contribution in [0.5, 0.6) is 11.5 Å². The Labute approximate surface area is 341 Å². The fraction of sp³-hybridized carbons (Fsp3) is 0.467. The fourth-order valence-electron chi connectivity index (χ4n) is 8.92. The largest absolute Gasteiger partial charge is 0.459 e. The highest BCUT2D eigenvalue weighted by Gasteiger charge is 2.82. The fourth-order valence-corrected chi connectivity index (χ4v) is 13.5. The van der Waals surface area contributed by atoms with E-state index in [0.29, 0.717) is 16.9 Å². The van der Waals surface area contributed by atoms with Crippen LogP contribution in [0.4, 0.5) is 26.3 Å². The molecule has 0 N–H and O–H groups in total. The highest BCUT2D eigenvalue weighted by atomic mass is 32.2. The number of furan rings is 1. The lowest BCUT2D eigenvalue weighted by Gasteiger charge is -2.41. The van der Waals surface area contributed by atoms with Crippen molar-refractivity contribution < 1.29 is 40.2 Å². The molecule has 5 aliphatic rings. The molecule has 0 saturated carbocycles. The minimum Gasteiger partial charge on any atom is -0.459 e. The Balaban J connectivity index is 1.42. The van der Waals surface area contributed by atoms with Gasteiger partial charge in [0.2, 0.25) is 6.79 Å².